The molecule has 7 nitrogen and oxygen atoms in total. The lowest BCUT2D eigenvalue weighted by atomic mass is 10.1. The Morgan fingerprint density at radius 3 is 2.54 bits per heavy atom. The highest BCUT2D eigenvalue weighted by Gasteiger charge is 2.32. The molecule has 132 valence electrons. The highest BCUT2D eigenvalue weighted by molar-refractivity contribution is 7.87. The molecule has 0 saturated carbocycles. The Balaban J connectivity index is 1.57. The van der Waals surface area contributed by atoms with Gasteiger partial charge in [-0.1, -0.05) is 0 Å². The van der Waals surface area contributed by atoms with Gasteiger partial charge in [0.2, 0.25) is 5.91 Å². The van der Waals surface area contributed by atoms with Crippen LogP contribution in [0.2, 0.25) is 0 Å². The topological polar surface area (TPSA) is 79.0 Å². The lowest BCUT2D eigenvalue weighted by molar-refractivity contribution is -0.117. The van der Waals surface area contributed by atoms with E-state index in [9.17, 15) is 17.6 Å². The van der Waals surface area contributed by atoms with Crippen LogP contribution in [0.25, 0.3) is 0 Å². The molecule has 2 saturated heterocycles. The van der Waals surface area contributed by atoms with Crippen molar-refractivity contribution in [2.24, 2.45) is 5.92 Å². The number of benzene rings is 1. The zero-order valence-electron chi connectivity index (χ0n) is 13.2. The zero-order chi connectivity index (χ0) is 17.2. The number of amides is 1. The highest BCUT2D eigenvalue weighted by Crippen LogP contribution is 2.25. The molecule has 0 aromatic heterocycles. The fourth-order valence-electron chi connectivity index (χ4n) is 2.89. The second kappa shape index (κ2) is 7.14. The summed E-state index contributed by atoms with van der Waals surface area (Å²) < 4.78 is 46.5. The number of nitrogens with zero attached hydrogens (tertiary/aromatic N) is 2. The molecule has 9 heteroatoms. The van der Waals surface area contributed by atoms with Crippen molar-refractivity contribution < 1.29 is 22.3 Å². The molecule has 0 spiro atoms. The molecule has 0 radical (unpaired) electrons. The Kier molecular flexibility index (Phi) is 5.14. The maximum Gasteiger partial charge on any atom is 0.279 e. The van der Waals surface area contributed by atoms with Crippen molar-refractivity contribution in [3.63, 3.8) is 0 Å². The summed E-state index contributed by atoms with van der Waals surface area (Å²) in [5, 5.41) is 0. The molecule has 1 aromatic rings. The standard InChI is InChI=1S/C15H20FN3O4S/c16-13-1-3-14(4-2-13)19-11-12(9-15(19)20)10-17-24(21,22)18-5-7-23-8-6-18/h1-4,12,17H,5-11H2. The van der Waals surface area contributed by atoms with Gasteiger partial charge in [-0.3, -0.25) is 4.79 Å². The molecular weight excluding hydrogens is 337 g/mol. The van der Waals surface area contributed by atoms with Gasteiger partial charge in [-0.05, 0) is 30.2 Å². The molecule has 1 unspecified atom stereocenters. The Bertz CT molecular complexity index is 689. The number of rotatable bonds is 5. The number of hydrogen-bond donors (Lipinski definition) is 1. The van der Waals surface area contributed by atoms with Crippen molar-refractivity contribution >= 4 is 21.8 Å². The minimum absolute atomic E-state index is 0.0859. The van der Waals surface area contributed by atoms with Crippen molar-refractivity contribution in [3.8, 4) is 0 Å². The molecule has 2 aliphatic rings. The van der Waals surface area contributed by atoms with E-state index in [1.54, 1.807) is 17.0 Å². The summed E-state index contributed by atoms with van der Waals surface area (Å²) in [4.78, 5) is 13.7. The number of carbonyl (C=O) groups is 1. The summed E-state index contributed by atoms with van der Waals surface area (Å²) in [7, 11) is -3.55. The smallest absolute Gasteiger partial charge is 0.279 e. The van der Waals surface area contributed by atoms with Crippen molar-refractivity contribution in [2.45, 2.75) is 6.42 Å². The molecule has 2 aliphatic heterocycles. The zero-order valence-corrected chi connectivity index (χ0v) is 14.0. The first-order valence-electron chi connectivity index (χ1n) is 7.84. The van der Waals surface area contributed by atoms with Gasteiger partial charge >= 0.3 is 0 Å². The summed E-state index contributed by atoms with van der Waals surface area (Å²) in [5.41, 5.74) is 0.625. The SMILES string of the molecule is O=C1CC(CNS(=O)(=O)N2CCOCC2)CN1c1ccc(F)cc1. The molecule has 3 rings (SSSR count). The van der Waals surface area contributed by atoms with Gasteiger partial charge in [0, 0.05) is 38.3 Å². The Morgan fingerprint density at radius 1 is 1.21 bits per heavy atom. The molecule has 2 heterocycles. The second-order valence-electron chi connectivity index (χ2n) is 5.92. The van der Waals surface area contributed by atoms with Crippen LogP contribution < -0.4 is 9.62 Å². The summed E-state index contributed by atoms with van der Waals surface area (Å²) in [5.74, 6) is -0.559. The molecule has 2 fully saturated rings. The van der Waals surface area contributed by atoms with Crippen molar-refractivity contribution in [1.29, 1.82) is 0 Å². The first kappa shape index (κ1) is 17.3. The minimum Gasteiger partial charge on any atom is -0.379 e. The number of hydrogen-bond acceptors (Lipinski definition) is 4. The molecule has 1 amide bonds. The van der Waals surface area contributed by atoms with E-state index in [4.69, 9.17) is 4.74 Å². The van der Waals surface area contributed by atoms with Crippen LogP contribution in [-0.2, 0) is 19.7 Å². The van der Waals surface area contributed by atoms with Gasteiger partial charge < -0.3 is 9.64 Å². The van der Waals surface area contributed by atoms with Crippen LogP contribution in [0.4, 0.5) is 10.1 Å². The van der Waals surface area contributed by atoms with Gasteiger partial charge in [-0.15, -0.1) is 0 Å². The monoisotopic (exact) mass is 357 g/mol. The van der Waals surface area contributed by atoms with Crippen LogP contribution in [0, 0.1) is 11.7 Å². The van der Waals surface area contributed by atoms with Crippen LogP contribution in [0.3, 0.4) is 0 Å². The van der Waals surface area contributed by atoms with Gasteiger partial charge in [0.15, 0.2) is 0 Å². The Morgan fingerprint density at radius 2 is 1.88 bits per heavy atom. The van der Waals surface area contributed by atoms with Crippen LogP contribution in [-0.4, -0.2) is 58.0 Å². The van der Waals surface area contributed by atoms with Gasteiger partial charge in [-0.2, -0.15) is 12.7 Å². The third kappa shape index (κ3) is 3.92. The molecule has 1 atom stereocenters. The molecular formula is C15H20FN3O4S. The number of carbonyl (C=O) groups excluding carboxylic acids is 1. The molecule has 1 aromatic carbocycles. The Labute approximate surface area is 140 Å². The van der Waals surface area contributed by atoms with Crippen molar-refractivity contribution in [1.82, 2.24) is 9.03 Å². The van der Waals surface area contributed by atoms with Crippen LogP contribution in [0.1, 0.15) is 6.42 Å². The predicted molar refractivity (Wildman–Crippen MR) is 86.2 cm³/mol. The van der Waals surface area contributed by atoms with E-state index in [2.05, 4.69) is 4.72 Å². The first-order chi connectivity index (χ1) is 11.5. The average molecular weight is 357 g/mol. The minimum atomic E-state index is -3.55. The predicted octanol–water partition coefficient (Wildman–Crippen LogP) is 0.345. The molecule has 0 aliphatic carbocycles. The maximum absolute atomic E-state index is 13.0. The highest BCUT2D eigenvalue weighted by atomic mass is 32.2. The second-order valence-corrected chi connectivity index (χ2v) is 7.67. The molecule has 24 heavy (non-hydrogen) atoms. The first-order valence-corrected chi connectivity index (χ1v) is 9.28. The summed E-state index contributed by atoms with van der Waals surface area (Å²) in [6, 6.07) is 5.70. The molecule has 0 bridgehead atoms. The van der Waals surface area contributed by atoms with Gasteiger partial charge in [-0.25, -0.2) is 9.11 Å². The third-order valence-electron chi connectivity index (χ3n) is 4.21. The lowest BCUT2D eigenvalue weighted by Crippen LogP contribution is -2.47. The normalized spacial score (nSPS) is 23.0. The Hall–Kier alpha value is -1.55. The van der Waals surface area contributed by atoms with Gasteiger partial charge in [0.05, 0.1) is 13.2 Å². The van der Waals surface area contributed by atoms with Crippen LogP contribution in [0.15, 0.2) is 24.3 Å². The van der Waals surface area contributed by atoms with Crippen LogP contribution >= 0.6 is 0 Å². The van der Waals surface area contributed by atoms with Crippen molar-refractivity contribution in [2.75, 3.05) is 44.3 Å². The summed E-state index contributed by atoms with van der Waals surface area (Å²) >= 11 is 0. The average Bonchev–Trinajstić information content (AvgIpc) is 2.96. The summed E-state index contributed by atoms with van der Waals surface area (Å²) in [6.45, 7) is 2.06. The lowest BCUT2D eigenvalue weighted by Gasteiger charge is -2.26. The van der Waals surface area contributed by atoms with E-state index in [0.29, 0.717) is 38.5 Å². The van der Waals surface area contributed by atoms with E-state index in [1.165, 1.54) is 16.4 Å². The number of halogens is 1. The van der Waals surface area contributed by atoms with E-state index in [0.717, 1.165) is 0 Å². The maximum atomic E-state index is 13.0. The third-order valence-corrected chi connectivity index (χ3v) is 5.78. The fraction of sp³-hybridized carbons (Fsp3) is 0.533. The largest absolute Gasteiger partial charge is 0.379 e. The van der Waals surface area contributed by atoms with E-state index in [1.807, 2.05) is 0 Å². The fourth-order valence-corrected chi connectivity index (χ4v) is 4.15. The molecule has 1 N–H and O–H groups in total. The van der Waals surface area contributed by atoms with Crippen molar-refractivity contribution in [3.05, 3.63) is 30.1 Å². The quantitative estimate of drug-likeness (QED) is 0.825. The van der Waals surface area contributed by atoms with Gasteiger partial charge in [0.25, 0.3) is 10.2 Å². The van der Waals surface area contributed by atoms with E-state index >= 15 is 0 Å². The number of anilines is 1. The van der Waals surface area contributed by atoms with Gasteiger partial charge in [0.1, 0.15) is 5.82 Å². The number of morpholine rings is 1. The summed E-state index contributed by atoms with van der Waals surface area (Å²) in [6.07, 6.45) is 0.267. The van der Waals surface area contributed by atoms with E-state index < -0.39 is 10.2 Å². The van der Waals surface area contributed by atoms with Crippen LogP contribution in [0.5, 0.6) is 0 Å². The number of ether oxygens (including phenoxy) is 1. The van der Waals surface area contributed by atoms with E-state index in [-0.39, 0.29) is 30.6 Å². The number of nitrogens with one attached hydrogen (secondary N) is 1.